The number of hydrogen-bond donors (Lipinski definition) is 2. The fraction of sp³-hybridized carbons (Fsp3) is 0.222. The second-order valence-electron chi connectivity index (χ2n) is 2.78. The molecule has 0 amide bonds. The minimum Gasteiger partial charge on any atom is -1.00 e. The van der Waals surface area contributed by atoms with Gasteiger partial charge in [-0.3, -0.25) is 4.79 Å². The molecule has 0 aliphatic carbocycles. The van der Waals surface area contributed by atoms with Crippen molar-refractivity contribution in [3.05, 3.63) is 35.6 Å². The quantitative estimate of drug-likeness (QED) is 0.558. The molecule has 0 heterocycles. The molecule has 3 nitrogen and oxygen atoms in total. The number of halogens is 1. The van der Waals surface area contributed by atoms with E-state index in [0.29, 0.717) is 0 Å². The van der Waals surface area contributed by atoms with Crippen LogP contribution in [-0.4, -0.2) is 17.1 Å². The molecule has 5 heteroatoms. The van der Waals surface area contributed by atoms with Gasteiger partial charge in [0.1, 0.15) is 11.9 Å². The average molecular weight is 207 g/mol. The van der Waals surface area contributed by atoms with E-state index in [1.165, 1.54) is 24.3 Å². The summed E-state index contributed by atoms with van der Waals surface area (Å²) in [6.45, 7) is 0. The number of aliphatic carboxylic acids is 1. The molecule has 0 aromatic heterocycles. The maximum Gasteiger partial charge on any atom is 1.00 e. The molecular weight excluding hydrogens is 196 g/mol. The number of hydrogen-bond acceptors (Lipinski definition) is 2. The summed E-state index contributed by atoms with van der Waals surface area (Å²) in [5, 5.41) is 8.50. The summed E-state index contributed by atoms with van der Waals surface area (Å²) in [5.74, 6) is -1.39. The molecule has 0 fully saturated rings. The Hall–Kier alpha value is -0.420. The molecule has 0 bridgehead atoms. The van der Waals surface area contributed by atoms with Crippen LogP contribution in [0.4, 0.5) is 4.39 Å². The van der Waals surface area contributed by atoms with Crippen molar-refractivity contribution in [1.82, 2.24) is 0 Å². The topological polar surface area (TPSA) is 63.3 Å². The molecule has 0 radical (unpaired) electrons. The summed E-state index contributed by atoms with van der Waals surface area (Å²) in [4.78, 5) is 10.4. The predicted octanol–water partition coefficient (Wildman–Crippen LogP) is -2.10. The third-order valence-electron chi connectivity index (χ3n) is 1.69. The van der Waals surface area contributed by atoms with Gasteiger partial charge in [0.15, 0.2) is 0 Å². The molecule has 0 spiro atoms. The zero-order chi connectivity index (χ0) is 9.84. The van der Waals surface area contributed by atoms with Gasteiger partial charge >= 0.3 is 35.5 Å². The van der Waals surface area contributed by atoms with E-state index < -0.39 is 12.0 Å². The van der Waals surface area contributed by atoms with Crippen molar-refractivity contribution in [3.63, 3.8) is 0 Å². The third kappa shape index (κ3) is 4.19. The number of carboxylic acids is 1. The summed E-state index contributed by atoms with van der Waals surface area (Å²) in [6, 6.07) is 4.69. The van der Waals surface area contributed by atoms with E-state index in [4.69, 9.17) is 10.8 Å². The van der Waals surface area contributed by atoms with E-state index in [9.17, 15) is 9.18 Å². The average Bonchev–Trinajstić information content (AvgIpc) is 2.08. The van der Waals surface area contributed by atoms with E-state index in [2.05, 4.69) is 0 Å². The zero-order valence-electron chi connectivity index (χ0n) is 8.90. The van der Waals surface area contributed by atoms with Gasteiger partial charge in [0.25, 0.3) is 0 Å². The first kappa shape index (κ1) is 13.6. The molecule has 14 heavy (non-hydrogen) atoms. The van der Waals surface area contributed by atoms with Crippen molar-refractivity contribution in [2.75, 3.05) is 0 Å². The van der Waals surface area contributed by atoms with Gasteiger partial charge in [-0.1, -0.05) is 12.1 Å². The second kappa shape index (κ2) is 6.14. The van der Waals surface area contributed by atoms with E-state index in [0.717, 1.165) is 5.56 Å². The first-order chi connectivity index (χ1) is 6.09. The Balaban J connectivity index is 0. The van der Waals surface area contributed by atoms with Gasteiger partial charge in [-0.2, -0.15) is 0 Å². The first-order valence-electron chi connectivity index (χ1n) is 3.82. The molecule has 1 atom stereocenters. The standard InChI is InChI=1S/C9H10FNO2.Na.H/c10-7-3-1-6(2-4-7)5-8(11)9(12)13;;/h1-4,8H,5,11H2,(H,12,13);;/q;+1;-1. The maximum atomic E-state index is 12.4. The van der Waals surface area contributed by atoms with E-state index >= 15 is 0 Å². The van der Waals surface area contributed by atoms with Crippen LogP contribution < -0.4 is 35.3 Å². The minimum atomic E-state index is -1.05. The van der Waals surface area contributed by atoms with Crippen LogP contribution in [0.1, 0.15) is 6.99 Å². The van der Waals surface area contributed by atoms with Gasteiger partial charge in [-0.25, -0.2) is 4.39 Å². The molecule has 1 unspecified atom stereocenters. The van der Waals surface area contributed by atoms with Crippen molar-refractivity contribution >= 4 is 5.97 Å². The van der Waals surface area contributed by atoms with Crippen LogP contribution in [-0.2, 0) is 11.2 Å². The van der Waals surface area contributed by atoms with Crippen LogP contribution in [0, 0.1) is 5.82 Å². The zero-order valence-corrected chi connectivity index (χ0v) is 9.90. The summed E-state index contributed by atoms with van der Waals surface area (Å²) >= 11 is 0. The molecule has 0 aliphatic heterocycles. The Morgan fingerprint density at radius 1 is 1.50 bits per heavy atom. The SMILES string of the molecule is NC(Cc1ccc(F)cc1)C(=O)O.[H-].[Na+]. The number of benzene rings is 1. The van der Waals surface area contributed by atoms with Crippen molar-refractivity contribution < 1.29 is 45.3 Å². The molecule has 1 aromatic rings. The second-order valence-corrected chi connectivity index (χ2v) is 2.78. The number of carbonyl (C=O) groups is 1. The fourth-order valence-electron chi connectivity index (χ4n) is 0.962. The van der Waals surface area contributed by atoms with Crippen LogP contribution in [0.2, 0.25) is 0 Å². The predicted molar refractivity (Wildman–Crippen MR) is 46.8 cm³/mol. The van der Waals surface area contributed by atoms with Gasteiger partial charge in [0.05, 0.1) is 0 Å². The van der Waals surface area contributed by atoms with Crippen LogP contribution in [0.25, 0.3) is 0 Å². The van der Waals surface area contributed by atoms with E-state index in [1.807, 2.05) is 0 Å². The maximum absolute atomic E-state index is 12.4. The number of nitrogens with two attached hydrogens (primary N) is 1. The van der Waals surface area contributed by atoms with Crippen molar-refractivity contribution in [1.29, 1.82) is 0 Å². The first-order valence-corrected chi connectivity index (χ1v) is 3.82. The Kier molecular flexibility index (Phi) is 5.95. The minimum absolute atomic E-state index is 0. The van der Waals surface area contributed by atoms with Gasteiger partial charge in [-0.05, 0) is 24.1 Å². The Morgan fingerprint density at radius 2 is 2.00 bits per heavy atom. The molecule has 72 valence electrons. The molecule has 1 rings (SSSR count). The molecule has 1 aromatic carbocycles. The van der Waals surface area contributed by atoms with Gasteiger partial charge in [0.2, 0.25) is 0 Å². The smallest absolute Gasteiger partial charge is 1.00 e. The van der Waals surface area contributed by atoms with Crippen LogP contribution >= 0.6 is 0 Å². The van der Waals surface area contributed by atoms with Crippen molar-refractivity contribution in [3.8, 4) is 0 Å². The Bertz CT molecular complexity index is 307. The van der Waals surface area contributed by atoms with Crippen LogP contribution in [0.5, 0.6) is 0 Å². The van der Waals surface area contributed by atoms with Crippen LogP contribution in [0.3, 0.4) is 0 Å². The fourth-order valence-corrected chi connectivity index (χ4v) is 0.962. The third-order valence-corrected chi connectivity index (χ3v) is 1.69. The molecule has 0 saturated carbocycles. The van der Waals surface area contributed by atoms with Crippen molar-refractivity contribution in [2.45, 2.75) is 12.5 Å². The van der Waals surface area contributed by atoms with Gasteiger partial charge in [-0.15, -0.1) is 0 Å². The van der Waals surface area contributed by atoms with Gasteiger partial charge in [0, 0.05) is 0 Å². The monoisotopic (exact) mass is 207 g/mol. The van der Waals surface area contributed by atoms with Crippen LogP contribution in [0.15, 0.2) is 24.3 Å². The molecular formula is C9H11FNNaO2. The Morgan fingerprint density at radius 3 is 2.43 bits per heavy atom. The normalized spacial score (nSPS) is 11.6. The summed E-state index contributed by atoms with van der Waals surface area (Å²) < 4.78 is 12.4. The van der Waals surface area contributed by atoms with E-state index in [-0.39, 0.29) is 43.2 Å². The van der Waals surface area contributed by atoms with Crippen molar-refractivity contribution in [2.24, 2.45) is 5.73 Å². The summed E-state index contributed by atoms with van der Waals surface area (Å²) in [5.41, 5.74) is 6.01. The number of rotatable bonds is 3. The summed E-state index contributed by atoms with van der Waals surface area (Å²) in [6.07, 6.45) is 0.218. The summed E-state index contributed by atoms with van der Waals surface area (Å²) in [7, 11) is 0. The number of carboxylic acid groups (broad SMARTS) is 1. The Labute approximate surface area is 105 Å². The van der Waals surface area contributed by atoms with Gasteiger partial charge < -0.3 is 12.3 Å². The molecule has 0 saturated heterocycles. The molecule has 0 aliphatic rings. The van der Waals surface area contributed by atoms with E-state index in [1.54, 1.807) is 0 Å². The molecule has 3 N–H and O–H groups in total. The largest absolute Gasteiger partial charge is 1.00 e.